The molecule has 33 heavy (non-hydrogen) atoms. The van der Waals surface area contributed by atoms with Crippen LogP contribution in [0.1, 0.15) is 53.5 Å². The van der Waals surface area contributed by atoms with Gasteiger partial charge in [0.1, 0.15) is 6.04 Å². The first kappa shape index (κ1) is 21.7. The van der Waals surface area contributed by atoms with E-state index in [1.165, 1.54) is 0 Å². The van der Waals surface area contributed by atoms with Gasteiger partial charge in [-0.2, -0.15) is 0 Å². The Hall–Kier alpha value is -3.12. The SMILES string of the molecule is Cc1[nH]c2ccccc2c1C1c2ccccc2C(=O)N1C(CC(C)C)C(=O)N1CCOCC1. The van der Waals surface area contributed by atoms with Crippen molar-refractivity contribution in [3.8, 4) is 0 Å². The van der Waals surface area contributed by atoms with Gasteiger partial charge in [0.25, 0.3) is 5.91 Å². The first-order chi connectivity index (χ1) is 16.0. The zero-order chi connectivity index (χ0) is 23.1. The number of hydrogen-bond donors (Lipinski definition) is 1. The number of morpholine rings is 1. The largest absolute Gasteiger partial charge is 0.378 e. The summed E-state index contributed by atoms with van der Waals surface area (Å²) in [5.74, 6) is 0.226. The summed E-state index contributed by atoms with van der Waals surface area (Å²) in [7, 11) is 0. The van der Waals surface area contributed by atoms with Crippen LogP contribution in [0, 0.1) is 12.8 Å². The summed E-state index contributed by atoms with van der Waals surface area (Å²) in [4.78, 5) is 35.0. The summed E-state index contributed by atoms with van der Waals surface area (Å²) in [6.45, 7) is 8.50. The molecule has 2 atom stereocenters. The van der Waals surface area contributed by atoms with Crippen molar-refractivity contribution in [1.82, 2.24) is 14.8 Å². The smallest absolute Gasteiger partial charge is 0.255 e. The van der Waals surface area contributed by atoms with Crippen LogP contribution in [0.4, 0.5) is 0 Å². The average Bonchev–Trinajstić information content (AvgIpc) is 3.30. The fourth-order valence-electron chi connectivity index (χ4n) is 5.38. The van der Waals surface area contributed by atoms with E-state index in [-0.39, 0.29) is 23.8 Å². The van der Waals surface area contributed by atoms with E-state index in [1.54, 1.807) is 0 Å². The van der Waals surface area contributed by atoms with Crippen molar-refractivity contribution in [1.29, 1.82) is 0 Å². The molecule has 0 aliphatic carbocycles. The Bertz CT molecular complexity index is 1190. The molecule has 2 unspecified atom stereocenters. The molecule has 0 bridgehead atoms. The number of nitrogens with one attached hydrogen (secondary N) is 1. The number of aromatic amines is 1. The third kappa shape index (κ3) is 3.72. The Morgan fingerprint density at radius 2 is 1.79 bits per heavy atom. The molecule has 0 saturated carbocycles. The number of fused-ring (bicyclic) bond motifs is 2. The van der Waals surface area contributed by atoms with Gasteiger partial charge in [0.2, 0.25) is 5.91 Å². The maximum atomic E-state index is 13.9. The van der Waals surface area contributed by atoms with Crippen LogP contribution in [0.5, 0.6) is 0 Å². The van der Waals surface area contributed by atoms with Crippen LogP contribution in [0.2, 0.25) is 0 Å². The monoisotopic (exact) mass is 445 g/mol. The number of amides is 2. The Kier molecular flexibility index (Phi) is 5.71. The van der Waals surface area contributed by atoms with Crippen molar-refractivity contribution < 1.29 is 14.3 Å². The average molecular weight is 446 g/mol. The first-order valence-electron chi connectivity index (χ1n) is 11.8. The number of benzene rings is 2. The second kappa shape index (κ2) is 8.67. The normalized spacial score (nSPS) is 19.4. The van der Waals surface area contributed by atoms with E-state index in [0.717, 1.165) is 27.7 Å². The minimum atomic E-state index is -0.527. The molecule has 5 rings (SSSR count). The molecule has 2 aliphatic rings. The molecule has 3 aromatic rings. The second-order valence-corrected chi connectivity index (χ2v) is 9.49. The fourth-order valence-corrected chi connectivity index (χ4v) is 5.38. The third-order valence-corrected chi connectivity index (χ3v) is 6.85. The van der Waals surface area contributed by atoms with Crippen molar-refractivity contribution in [3.63, 3.8) is 0 Å². The van der Waals surface area contributed by atoms with Gasteiger partial charge in [-0.25, -0.2) is 0 Å². The van der Waals surface area contributed by atoms with Gasteiger partial charge >= 0.3 is 0 Å². The molecule has 2 amide bonds. The van der Waals surface area contributed by atoms with Gasteiger partial charge in [-0.15, -0.1) is 0 Å². The molecular weight excluding hydrogens is 414 g/mol. The summed E-state index contributed by atoms with van der Waals surface area (Å²) in [5, 5.41) is 1.09. The molecule has 1 fully saturated rings. The highest BCUT2D eigenvalue weighted by molar-refractivity contribution is 6.03. The van der Waals surface area contributed by atoms with Gasteiger partial charge in [0, 0.05) is 40.8 Å². The summed E-state index contributed by atoms with van der Waals surface area (Å²) in [6.07, 6.45) is 0.619. The highest BCUT2D eigenvalue weighted by Gasteiger charge is 2.46. The van der Waals surface area contributed by atoms with E-state index in [9.17, 15) is 9.59 Å². The van der Waals surface area contributed by atoms with Crippen LogP contribution < -0.4 is 0 Å². The molecule has 2 aliphatic heterocycles. The summed E-state index contributed by atoms with van der Waals surface area (Å²) in [5.41, 5.74) is 4.81. The summed E-state index contributed by atoms with van der Waals surface area (Å²) < 4.78 is 5.47. The first-order valence-corrected chi connectivity index (χ1v) is 11.8. The van der Waals surface area contributed by atoms with Gasteiger partial charge in [-0.3, -0.25) is 9.59 Å². The molecular formula is C27H31N3O3. The quantitative estimate of drug-likeness (QED) is 0.637. The lowest BCUT2D eigenvalue weighted by atomic mass is 9.93. The maximum absolute atomic E-state index is 13.9. The molecule has 0 radical (unpaired) electrons. The number of aryl methyl sites for hydroxylation is 1. The lowest BCUT2D eigenvalue weighted by Gasteiger charge is -2.38. The zero-order valence-electron chi connectivity index (χ0n) is 19.5. The summed E-state index contributed by atoms with van der Waals surface area (Å²) >= 11 is 0. The van der Waals surface area contributed by atoms with Gasteiger partial charge in [0.05, 0.1) is 19.3 Å². The number of aromatic nitrogens is 1. The second-order valence-electron chi connectivity index (χ2n) is 9.49. The third-order valence-electron chi connectivity index (χ3n) is 6.85. The maximum Gasteiger partial charge on any atom is 0.255 e. The highest BCUT2D eigenvalue weighted by atomic mass is 16.5. The van der Waals surface area contributed by atoms with Gasteiger partial charge in [-0.1, -0.05) is 50.2 Å². The number of para-hydroxylation sites is 1. The summed E-state index contributed by atoms with van der Waals surface area (Å²) in [6, 6.07) is 15.2. The number of rotatable bonds is 5. The van der Waals surface area contributed by atoms with E-state index in [1.807, 2.05) is 46.2 Å². The molecule has 1 aromatic heterocycles. The number of hydrogen-bond acceptors (Lipinski definition) is 3. The van der Waals surface area contributed by atoms with E-state index in [0.29, 0.717) is 38.3 Å². The molecule has 0 spiro atoms. The number of carbonyl (C=O) groups is 2. The van der Waals surface area contributed by atoms with Crippen LogP contribution in [0.25, 0.3) is 10.9 Å². The van der Waals surface area contributed by atoms with Crippen molar-refractivity contribution in [2.45, 2.75) is 39.3 Å². The minimum absolute atomic E-state index is 0.0238. The molecule has 6 nitrogen and oxygen atoms in total. The number of nitrogens with zero attached hydrogens (tertiary/aromatic N) is 2. The molecule has 2 aromatic carbocycles. The van der Waals surface area contributed by atoms with Crippen molar-refractivity contribution in [3.05, 3.63) is 70.9 Å². The Morgan fingerprint density at radius 1 is 1.09 bits per heavy atom. The lowest BCUT2D eigenvalue weighted by Crippen LogP contribution is -2.53. The van der Waals surface area contributed by atoms with Crippen LogP contribution >= 0.6 is 0 Å². The molecule has 6 heteroatoms. The Balaban J connectivity index is 1.66. The fraction of sp³-hybridized carbons (Fsp3) is 0.407. The van der Waals surface area contributed by atoms with E-state index < -0.39 is 6.04 Å². The topological polar surface area (TPSA) is 65.6 Å². The molecule has 1 N–H and O–H groups in total. The van der Waals surface area contributed by atoms with Crippen LogP contribution in [0.15, 0.2) is 48.5 Å². The van der Waals surface area contributed by atoms with Crippen molar-refractivity contribution in [2.75, 3.05) is 26.3 Å². The van der Waals surface area contributed by atoms with Gasteiger partial charge in [0.15, 0.2) is 0 Å². The number of carbonyl (C=O) groups excluding carboxylic acids is 2. The molecule has 172 valence electrons. The van der Waals surface area contributed by atoms with Crippen LogP contribution in [0.3, 0.4) is 0 Å². The predicted molar refractivity (Wildman–Crippen MR) is 128 cm³/mol. The standard InChI is InChI=1S/C27H31N3O3/c1-17(2)16-23(27(32)29-12-14-33-15-13-29)30-25(19-8-4-5-9-20(19)26(30)31)24-18(3)28-22-11-7-6-10-21(22)24/h4-11,17,23,25,28H,12-16H2,1-3H3. The molecule has 1 saturated heterocycles. The van der Waals surface area contributed by atoms with Crippen molar-refractivity contribution in [2.24, 2.45) is 5.92 Å². The van der Waals surface area contributed by atoms with E-state index >= 15 is 0 Å². The number of ether oxygens (including phenoxy) is 1. The van der Waals surface area contributed by atoms with Gasteiger partial charge < -0.3 is 19.5 Å². The Morgan fingerprint density at radius 3 is 2.55 bits per heavy atom. The minimum Gasteiger partial charge on any atom is -0.378 e. The van der Waals surface area contributed by atoms with Crippen LogP contribution in [-0.2, 0) is 9.53 Å². The lowest BCUT2D eigenvalue weighted by molar-refractivity contribution is -0.141. The predicted octanol–water partition coefficient (Wildman–Crippen LogP) is 4.30. The Labute approximate surface area is 194 Å². The molecule has 3 heterocycles. The highest BCUT2D eigenvalue weighted by Crippen LogP contribution is 2.44. The number of H-pyrrole nitrogens is 1. The van der Waals surface area contributed by atoms with Crippen molar-refractivity contribution >= 4 is 22.7 Å². The zero-order valence-corrected chi connectivity index (χ0v) is 19.5. The van der Waals surface area contributed by atoms with E-state index in [4.69, 9.17) is 4.74 Å². The van der Waals surface area contributed by atoms with Crippen LogP contribution in [-0.4, -0.2) is 58.9 Å². The van der Waals surface area contributed by atoms with E-state index in [2.05, 4.69) is 37.9 Å². The van der Waals surface area contributed by atoms with Gasteiger partial charge in [-0.05, 0) is 37.0 Å².